The first-order chi connectivity index (χ1) is 19.7. The standard InChI is InChI=1S/C30H70O9Si4/c1-23(2)33-19-40(31-17,27(9)10)37-42(29(13)14,21-35-25(5)6)39-43(30(15)16,22-36-26(7)8)38-41(32-18,28(11)12)20-34-24(3)4/h23-30H,19-22H2,1-18H3. The minimum absolute atomic E-state index is 0.00658. The van der Waals surface area contributed by atoms with Gasteiger partial charge < -0.3 is 40.1 Å². The molecule has 43 heavy (non-hydrogen) atoms. The predicted molar refractivity (Wildman–Crippen MR) is 185 cm³/mol. The zero-order valence-electron chi connectivity index (χ0n) is 31.1. The molecule has 0 aliphatic carbocycles. The van der Waals surface area contributed by atoms with Crippen LogP contribution in [0.3, 0.4) is 0 Å². The van der Waals surface area contributed by atoms with E-state index in [9.17, 15) is 0 Å². The summed E-state index contributed by atoms with van der Waals surface area (Å²) in [4.78, 5) is 0. The van der Waals surface area contributed by atoms with Crippen molar-refractivity contribution in [3.05, 3.63) is 0 Å². The Hall–Kier alpha value is 0.508. The molecular formula is C30H70O9Si4. The highest BCUT2D eigenvalue weighted by Crippen LogP contribution is 2.41. The molecule has 0 aromatic heterocycles. The highest BCUT2D eigenvalue weighted by molar-refractivity contribution is 6.91. The summed E-state index contributed by atoms with van der Waals surface area (Å²) in [7, 11) is -8.98. The second kappa shape index (κ2) is 19.4. The molecule has 0 aliphatic heterocycles. The van der Waals surface area contributed by atoms with Crippen LogP contribution in [0, 0.1) is 0 Å². The van der Waals surface area contributed by atoms with Gasteiger partial charge in [-0.3, -0.25) is 0 Å². The summed E-state index contributed by atoms with van der Waals surface area (Å²) in [5.41, 5.74) is 0.248. The van der Waals surface area contributed by atoms with E-state index in [4.69, 9.17) is 40.1 Å². The van der Waals surface area contributed by atoms with Gasteiger partial charge in [-0.25, -0.2) is 0 Å². The highest BCUT2D eigenvalue weighted by Gasteiger charge is 2.61. The molecule has 0 fully saturated rings. The monoisotopic (exact) mass is 686 g/mol. The van der Waals surface area contributed by atoms with Crippen molar-refractivity contribution in [2.24, 2.45) is 0 Å². The molecule has 0 heterocycles. The van der Waals surface area contributed by atoms with Gasteiger partial charge in [0.25, 0.3) is 0 Å². The lowest BCUT2D eigenvalue weighted by Crippen LogP contribution is -2.71. The average molecular weight is 687 g/mol. The molecular weight excluding hydrogens is 617 g/mol. The molecule has 0 radical (unpaired) electrons. The maximum absolute atomic E-state index is 7.66. The number of hydrogen-bond acceptors (Lipinski definition) is 9. The summed E-state index contributed by atoms with van der Waals surface area (Å²) in [5, 5.41) is 0. The number of ether oxygens (including phenoxy) is 4. The van der Waals surface area contributed by atoms with Gasteiger partial charge in [-0.2, -0.15) is 0 Å². The minimum Gasteiger partial charge on any atom is -0.412 e. The Kier molecular flexibility index (Phi) is 19.6. The SMILES string of the molecule is CO[Si](COC(C)C)(O[Si](COC(C)C)(O[Si](COC(C)C)(O[Si](COC(C)C)(OC)C(C)C)C(C)C)C(C)C)C(C)C. The van der Waals surface area contributed by atoms with Crippen molar-refractivity contribution < 1.29 is 40.1 Å². The van der Waals surface area contributed by atoms with Crippen LogP contribution in [-0.4, -0.2) is 97.8 Å². The van der Waals surface area contributed by atoms with E-state index in [1.54, 1.807) is 14.2 Å². The highest BCUT2D eigenvalue weighted by atomic mass is 28.5. The zero-order chi connectivity index (χ0) is 33.8. The Morgan fingerprint density at radius 2 is 0.512 bits per heavy atom. The molecule has 260 valence electrons. The van der Waals surface area contributed by atoms with Gasteiger partial charge in [0.2, 0.25) is 0 Å². The normalized spacial score (nSPS) is 18.8. The largest absolute Gasteiger partial charge is 0.412 e. The Bertz CT molecular complexity index is 697. The van der Waals surface area contributed by atoms with Gasteiger partial charge in [0, 0.05) is 14.2 Å². The number of hydrogen-bond donors (Lipinski definition) is 0. The molecule has 0 saturated heterocycles. The second-order valence-corrected chi connectivity index (χ2v) is 29.6. The Labute approximate surface area is 270 Å². The summed E-state index contributed by atoms with van der Waals surface area (Å²) in [6.07, 6.45) is 1.55. The van der Waals surface area contributed by atoms with Crippen molar-refractivity contribution in [2.75, 3.05) is 39.1 Å². The molecule has 0 rings (SSSR count). The molecule has 0 aliphatic rings. The van der Waals surface area contributed by atoms with E-state index in [1.807, 2.05) is 55.4 Å². The maximum Gasteiger partial charge on any atom is 0.358 e. The smallest absolute Gasteiger partial charge is 0.358 e. The summed E-state index contributed by atoms with van der Waals surface area (Å²) in [6.45, 7) is 33.6. The first-order valence-corrected chi connectivity index (χ1v) is 24.8. The van der Waals surface area contributed by atoms with Crippen LogP contribution >= 0.6 is 0 Å². The summed E-state index contributed by atoms with van der Waals surface area (Å²) < 4.78 is 60.5. The lowest BCUT2D eigenvalue weighted by molar-refractivity contribution is 0.0535. The lowest BCUT2D eigenvalue weighted by atomic mass is 10.5. The van der Waals surface area contributed by atoms with Gasteiger partial charge in [0.15, 0.2) is 0 Å². The van der Waals surface area contributed by atoms with Crippen molar-refractivity contribution >= 4 is 34.2 Å². The summed E-state index contributed by atoms with van der Waals surface area (Å²) >= 11 is 0. The van der Waals surface area contributed by atoms with Crippen LogP contribution in [0.4, 0.5) is 0 Å². The van der Waals surface area contributed by atoms with E-state index in [2.05, 4.69) is 55.4 Å². The Balaban J connectivity index is 7.43. The van der Waals surface area contributed by atoms with Crippen LogP contribution in [0.2, 0.25) is 22.2 Å². The minimum atomic E-state index is -3.27. The predicted octanol–water partition coefficient (Wildman–Crippen LogP) is 7.59. The van der Waals surface area contributed by atoms with Crippen molar-refractivity contribution in [1.82, 2.24) is 0 Å². The van der Waals surface area contributed by atoms with E-state index in [-0.39, 0.29) is 46.6 Å². The zero-order valence-corrected chi connectivity index (χ0v) is 35.1. The molecule has 4 atom stereocenters. The first kappa shape index (κ1) is 43.5. The molecule has 0 saturated carbocycles. The second-order valence-electron chi connectivity index (χ2n) is 14.0. The molecule has 0 amide bonds. The molecule has 0 aromatic carbocycles. The van der Waals surface area contributed by atoms with Crippen LogP contribution in [0.15, 0.2) is 0 Å². The van der Waals surface area contributed by atoms with E-state index < -0.39 is 34.2 Å². The topological polar surface area (TPSA) is 83.1 Å². The third-order valence-electron chi connectivity index (χ3n) is 7.72. The number of rotatable bonds is 24. The third-order valence-corrected chi connectivity index (χ3v) is 26.7. The van der Waals surface area contributed by atoms with Crippen LogP contribution < -0.4 is 0 Å². The van der Waals surface area contributed by atoms with E-state index in [0.29, 0.717) is 24.9 Å². The van der Waals surface area contributed by atoms with Gasteiger partial charge in [0.1, 0.15) is 0 Å². The van der Waals surface area contributed by atoms with Crippen molar-refractivity contribution in [3.8, 4) is 0 Å². The molecule has 9 nitrogen and oxygen atoms in total. The van der Waals surface area contributed by atoms with E-state index in [1.165, 1.54) is 0 Å². The van der Waals surface area contributed by atoms with Gasteiger partial charge in [-0.1, -0.05) is 55.4 Å². The molecule has 13 heteroatoms. The fraction of sp³-hybridized carbons (Fsp3) is 1.00. The molecule has 4 unspecified atom stereocenters. The maximum atomic E-state index is 7.66. The molecule has 0 aromatic rings. The van der Waals surface area contributed by atoms with Crippen molar-refractivity contribution in [1.29, 1.82) is 0 Å². The Morgan fingerprint density at radius 3 is 0.674 bits per heavy atom. The van der Waals surface area contributed by atoms with Gasteiger partial charge in [-0.05, 0) is 77.6 Å². The third kappa shape index (κ3) is 13.3. The molecule has 0 N–H and O–H groups in total. The summed E-state index contributed by atoms with van der Waals surface area (Å²) in [5.74, 6) is 0. The van der Waals surface area contributed by atoms with E-state index >= 15 is 0 Å². The van der Waals surface area contributed by atoms with Crippen LogP contribution in [0.1, 0.15) is 111 Å². The fourth-order valence-electron chi connectivity index (χ4n) is 4.27. The van der Waals surface area contributed by atoms with Gasteiger partial charge >= 0.3 is 34.2 Å². The van der Waals surface area contributed by atoms with Crippen molar-refractivity contribution in [3.63, 3.8) is 0 Å². The fourth-order valence-corrected chi connectivity index (χ4v) is 24.9. The van der Waals surface area contributed by atoms with Gasteiger partial charge in [0.05, 0.1) is 49.3 Å². The summed E-state index contributed by atoms with van der Waals surface area (Å²) in [6, 6.07) is 0. The van der Waals surface area contributed by atoms with Gasteiger partial charge in [-0.15, -0.1) is 0 Å². The lowest BCUT2D eigenvalue weighted by Gasteiger charge is -2.51. The van der Waals surface area contributed by atoms with Crippen LogP contribution in [0.25, 0.3) is 0 Å². The molecule has 0 spiro atoms. The Morgan fingerprint density at radius 1 is 0.326 bits per heavy atom. The van der Waals surface area contributed by atoms with E-state index in [0.717, 1.165) is 0 Å². The first-order valence-electron chi connectivity index (χ1n) is 16.4. The molecule has 0 bridgehead atoms. The van der Waals surface area contributed by atoms with Crippen LogP contribution in [0.5, 0.6) is 0 Å². The quantitative estimate of drug-likeness (QED) is 0.0954. The van der Waals surface area contributed by atoms with Crippen molar-refractivity contribution in [2.45, 2.75) is 157 Å². The van der Waals surface area contributed by atoms with Crippen LogP contribution in [-0.2, 0) is 40.1 Å². The average Bonchev–Trinajstić information content (AvgIpc) is 2.89.